The molecule has 1 atom stereocenters. The van der Waals surface area contributed by atoms with Crippen LogP contribution in [0.4, 0.5) is 0 Å². The minimum atomic E-state index is -0.183. The highest BCUT2D eigenvalue weighted by Gasteiger charge is 2.14. The lowest BCUT2D eigenvalue weighted by atomic mass is 10.1. The van der Waals surface area contributed by atoms with Gasteiger partial charge in [0.05, 0.1) is 28.8 Å². The van der Waals surface area contributed by atoms with E-state index in [0.29, 0.717) is 13.0 Å². The van der Waals surface area contributed by atoms with Crippen molar-refractivity contribution in [2.75, 3.05) is 6.54 Å². The Kier molecular flexibility index (Phi) is 4.39. The van der Waals surface area contributed by atoms with E-state index in [0.717, 1.165) is 39.2 Å². The van der Waals surface area contributed by atoms with Crippen molar-refractivity contribution < 1.29 is 0 Å². The zero-order chi connectivity index (χ0) is 17.9. The molecule has 0 saturated heterocycles. The molecule has 5 N–H and O–H groups in total. The normalized spacial score (nSPS) is 12.4. The van der Waals surface area contributed by atoms with Crippen LogP contribution in [-0.4, -0.2) is 31.7 Å². The summed E-state index contributed by atoms with van der Waals surface area (Å²) in [6.07, 6.45) is 5.99. The number of nitrogens with one attached hydrogen (secondary N) is 1. The van der Waals surface area contributed by atoms with E-state index in [1.165, 1.54) is 0 Å². The molecule has 4 rings (SSSR count). The maximum absolute atomic E-state index is 6.15. The highest BCUT2D eigenvalue weighted by molar-refractivity contribution is 5.93. The van der Waals surface area contributed by atoms with Crippen LogP contribution in [0.1, 0.15) is 18.2 Å². The Balaban J connectivity index is 1.79. The lowest BCUT2D eigenvalue weighted by Crippen LogP contribution is -2.16. The standard InChI is InChI=1S/C19H19N7/c20-7-6-14(21)15-4-1-5-16(24-15)19-13-9-17(12-3-2-8-22-10-12)23-11-18(13)25-26-19/h1-5,8-11,14H,6-7,20-21H2,(H,25,26). The largest absolute Gasteiger partial charge is 0.330 e. The van der Waals surface area contributed by atoms with E-state index in [-0.39, 0.29) is 6.04 Å². The molecule has 0 saturated carbocycles. The summed E-state index contributed by atoms with van der Waals surface area (Å²) in [6.45, 7) is 0.526. The third-order valence-corrected chi connectivity index (χ3v) is 4.28. The van der Waals surface area contributed by atoms with Crippen molar-refractivity contribution in [3.05, 3.63) is 60.7 Å². The van der Waals surface area contributed by atoms with Crippen LogP contribution >= 0.6 is 0 Å². The summed E-state index contributed by atoms with van der Waals surface area (Å²) in [5.74, 6) is 0. The zero-order valence-electron chi connectivity index (χ0n) is 14.1. The molecule has 7 heteroatoms. The molecule has 0 amide bonds. The van der Waals surface area contributed by atoms with Gasteiger partial charge in [0.15, 0.2) is 0 Å². The predicted octanol–water partition coefficient (Wildman–Crippen LogP) is 2.43. The van der Waals surface area contributed by atoms with E-state index in [2.05, 4.69) is 20.2 Å². The third kappa shape index (κ3) is 3.05. The molecule has 0 aliphatic carbocycles. The monoisotopic (exact) mass is 345 g/mol. The molecule has 0 aliphatic rings. The molecule has 0 aromatic carbocycles. The summed E-state index contributed by atoms with van der Waals surface area (Å²) in [6, 6.07) is 11.5. The fraction of sp³-hybridized carbons (Fsp3) is 0.158. The Morgan fingerprint density at radius 1 is 1.08 bits per heavy atom. The number of nitrogens with zero attached hydrogens (tertiary/aromatic N) is 4. The quantitative estimate of drug-likeness (QED) is 0.511. The zero-order valence-corrected chi connectivity index (χ0v) is 14.1. The first-order valence-electron chi connectivity index (χ1n) is 8.44. The van der Waals surface area contributed by atoms with Crippen molar-refractivity contribution in [3.63, 3.8) is 0 Å². The second kappa shape index (κ2) is 6.99. The van der Waals surface area contributed by atoms with Gasteiger partial charge >= 0.3 is 0 Å². The number of nitrogens with two attached hydrogens (primary N) is 2. The van der Waals surface area contributed by atoms with Crippen LogP contribution in [0.5, 0.6) is 0 Å². The first-order chi connectivity index (χ1) is 12.8. The number of fused-ring (bicyclic) bond motifs is 1. The van der Waals surface area contributed by atoms with Gasteiger partial charge in [-0.3, -0.25) is 15.1 Å². The Labute approximate surface area is 150 Å². The molecule has 4 heterocycles. The molecule has 26 heavy (non-hydrogen) atoms. The molecular formula is C19H19N7. The van der Waals surface area contributed by atoms with Gasteiger partial charge in [-0.2, -0.15) is 5.10 Å². The van der Waals surface area contributed by atoms with Crippen LogP contribution in [0.3, 0.4) is 0 Å². The molecule has 0 aliphatic heterocycles. The van der Waals surface area contributed by atoms with Gasteiger partial charge in [-0.25, -0.2) is 4.98 Å². The van der Waals surface area contributed by atoms with Crippen molar-refractivity contribution in [1.82, 2.24) is 25.1 Å². The van der Waals surface area contributed by atoms with E-state index in [1.54, 1.807) is 18.6 Å². The first-order valence-corrected chi connectivity index (χ1v) is 8.44. The molecule has 0 radical (unpaired) electrons. The number of rotatable bonds is 5. The minimum absolute atomic E-state index is 0.183. The number of H-pyrrole nitrogens is 1. The summed E-state index contributed by atoms with van der Waals surface area (Å²) >= 11 is 0. The summed E-state index contributed by atoms with van der Waals surface area (Å²) in [5, 5.41) is 8.41. The number of hydrogen-bond acceptors (Lipinski definition) is 6. The minimum Gasteiger partial charge on any atom is -0.330 e. The second-order valence-electron chi connectivity index (χ2n) is 6.06. The summed E-state index contributed by atoms with van der Waals surface area (Å²) in [5.41, 5.74) is 16.8. The van der Waals surface area contributed by atoms with Gasteiger partial charge in [-0.15, -0.1) is 0 Å². The molecule has 7 nitrogen and oxygen atoms in total. The number of pyridine rings is 3. The molecule has 0 fully saturated rings. The van der Waals surface area contributed by atoms with Crippen LogP contribution in [-0.2, 0) is 0 Å². The van der Waals surface area contributed by atoms with Gasteiger partial charge in [0, 0.05) is 29.4 Å². The fourth-order valence-corrected chi connectivity index (χ4v) is 2.90. The van der Waals surface area contributed by atoms with Crippen molar-refractivity contribution in [3.8, 4) is 22.6 Å². The average molecular weight is 345 g/mol. The number of aromatic amines is 1. The molecule has 4 aromatic rings. The van der Waals surface area contributed by atoms with E-state index in [4.69, 9.17) is 16.5 Å². The average Bonchev–Trinajstić information content (AvgIpc) is 3.12. The van der Waals surface area contributed by atoms with E-state index >= 15 is 0 Å². The smallest absolute Gasteiger partial charge is 0.118 e. The summed E-state index contributed by atoms with van der Waals surface area (Å²) in [4.78, 5) is 13.3. The van der Waals surface area contributed by atoms with E-state index in [1.807, 2.05) is 36.4 Å². The molecule has 130 valence electrons. The van der Waals surface area contributed by atoms with Gasteiger partial charge in [0.25, 0.3) is 0 Å². The molecule has 4 aromatic heterocycles. The van der Waals surface area contributed by atoms with Crippen LogP contribution in [0.25, 0.3) is 33.5 Å². The Morgan fingerprint density at radius 3 is 2.81 bits per heavy atom. The lowest BCUT2D eigenvalue weighted by molar-refractivity contribution is 0.643. The predicted molar refractivity (Wildman–Crippen MR) is 101 cm³/mol. The lowest BCUT2D eigenvalue weighted by Gasteiger charge is -2.10. The maximum atomic E-state index is 6.15. The van der Waals surface area contributed by atoms with Crippen LogP contribution in [0.15, 0.2) is 55.0 Å². The molecule has 0 spiro atoms. The second-order valence-corrected chi connectivity index (χ2v) is 6.06. The van der Waals surface area contributed by atoms with Crippen LogP contribution < -0.4 is 11.5 Å². The Morgan fingerprint density at radius 2 is 2.00 bits per heavy atom. The van der Waals surface area contributed by atoms with Crippen LogP contribution in [0.2, 0.25) is 0 Å². The molecule has 1 unspecified atom stereocenters. The fourth-order valence-electron chi connectivity index (χ4n) is 2.90. The number of aromatic nitrogens is 5. The van der Waals surface area contributed by atoms with Crippen molar-refractivity contribution in [1.29, 1.82) is 0 Å². The first kappa shape index (κ1) is 16.3. The van der Waals surface area contributed by atoms with E-state index in [9.17, 15) is 0 Å². The van der Waals surface area contributed by atoms with Gasteiger partial charge in [0.2, 0.25) is 0 Å². The van der Waals surface area contributed by atoms with Gasteiger partial charge < -0.3 is 11.5 Å². The van der Waals surface area contributed by atoms with Crippen molar-refractivity contribution in [2.24, 2.45) is 11.5 Å². The van der Waals surface area contributed by atoms with Gasteiger partial charge in [-0.05, 0) is 43.3 Å². The van der Waals surface area contributed by atoms with E-state index < -0.39 is 0 Å². The Bertz CT molecular complexity index is 1030. The summed E-state index contributed by atoms with van der Waals surface area (Å²) < 4.78 is 0. The van der Waals surface area contributed by atoms with Crippen molar-refractivity contribution >= 4 is 10.9 Å². The van der Waals surface area contributed by atoms with Crippen molar-refractivity contribution in [2.45, 2.75) is 12.5 Å². The topological polar surface area (TPSA) is 119 Å². The molecular weight excluding hydrogens is 326 g/mol. The van der Waals surface area contributed by atoms with Gasteiger partial charge in [0.1, 0.15) is 5.69 Å². The number of hydrogen-bond donors (Lipinski definition) is 3. The highest BCUT2D eigenvalue weighted by Crippen LogP contribution is 2.28. The highest BCUT2D eigenvalue weighted by atomic mass is 15.1. The third-order valence-electron chi connectivity index (χ3n) is 4.28. The SMILES string of the molecule is NCCC(N)c1cccc(-c2n[nH]c3cnc(-c4cccnc4)cc23)n1. The van der Waals surface area contributed by atoms with Crippen LogP contribution in [0, 0.1) is 0 Å². The van der Waals surface area contributed by atoms with Gasteiger partial charge in [-0.1, -0.05) is 6.07 Å². The maximum Gasteiger partial charge on any atom is 0.118 e. The molecule has 0 bridgehead atoms. The Hall–Kier alpha value is -3.16. The summed E-state index contributed by atoms with van der Waals surface area (Å²) in [7, 11) is 0.